The summed E-state index contributed by atoms with van der Waals surface area (Å²) >= 11 is 0. The quantitative estimate of drug-likeness (QED) is 0.631. The Hall–Kier alpha value is -0.570. The fourth-order valence-electron chi connectivity index (χ4n) is 1.14. The van der Waals surface area contributed by atoms with E-state index in [2.05, 4.69) is 0 Å². The van der Waals surface area contributed by atoms with Crippen molar-refractivity contribution in [3.8, 4) is 0 Å². The predicted octanol–water partition coefficient (Wildman–Crippen LogP) is 1.08. The molecule has 0 aromatic carbocycles. The van der Waals surface area contributed by atoms with Crippen molar-refractivity contribution < 1.29 is 9.90 Å². The molecule has 66 valence electrons. The summed E-state index contributed by atoms with van der Waals surface area (Å²) in [6.07, 6.45) is 1.91. The summed E-state index contributed by atoms with van der Waals surface area (Å²) in [7, 11) is 0. The molecular formula is C8H17NO2. The molecule has 1 unspecified atom stereocenters. The molecule has 3 nitrogen and oxygen atoms in total. The Morgan fingerprint density at radius 3 is 2.45 bits per heavy atom. The molecule has 0 aliphatic carbocycles. The van der Waals surface area contributed by atoms with E-state index in [-0.39, 0.29) is 11.8 Å². The first-order chi connectivity index (χ1) is 5.13. The maximum Gasteiger partial charge on any atom is 0.306 e. The fourth-order valence-corrected chi connectivity index (χ4v) is 1.14. The van der Waals surface area contributed by atoms with Gasteiger partial charge in [-0.1, -0.05) is 20.3 Å². The van der Waals surface area contributed by atoms with Crippen molar-refractivity contribution in [3.05, 3.63) is 0 Å². The predicted molar refractivity (Wildman–Crippen MR) is 44.3 cm³/mol. The van der Waals surface area contributed by atoms with E-state index in [0.717, 1.165) is 12.8 Å². The average Bonchev–Trinajstić information content (AvgIpc) is 1.98. The van der Waals surface area contributed by atoms with Crippen molar-refractivity contribution in [2.45, 2.75) is 26.7 Å². The van der Waals surface area contributed by atoms with Crippen molar-refractivity contribution in [1.82, 2.24) is 0 Å². The van der Waals surface area contributed by atoms with Gasteiger partial charge in [-0.2, -0.15) is 0 Å². The molecule has 0 fully saturated rings. The van der Waals surface area contributed by atoms with Crippen LogP contribution in [0.1, 0.15) is 26.7 Å². The maximum absolute atomic E-state index is 10.5. The Morgan fingerprint density at radius 1 is 1.64 bits per heavy atom. The van der Waals surface area contributed by atoms with Crippen molar-refractivity contribution in [2.75, 3.05) is 6.54 Å². The molecule has 0 aromatic rings. The molecule has 0 spiro atoms. The number of hydrogen-bond acceptors (Lipinski definition) is 2. The Balaban J connectivity index is 3.91. The minimum absolute atomic E-state index is 0.137. The lowest BCUT2D eigenvalue weighted by molar-refractivity contribution is -0.142. The monoisotopic (exact) mass is 159 g/mol. The molecule has 0 heterocycles. The van der Waals surface area contributed by atoms with E-state index in [1.54, 1.807) is 6.92 Å². The van der Waals surface area contributed by atoms with Crippen LogP contribution in [0.2, 0.25) is 0 Å². The average molecular weight is 159 g/mol. The second-order valence-electron chi connectivity index (χ2n) is 2.91. The van der Waals surface area contributed by atoms with E-state index in [4.69, 9.17) is 10.8 Å². The minimum atomic E-state index is -0.742. The van der Waals surface area contributed by atoms with Crippen LogP contribution in [0.15, 0.2) is 0 Å². The van der Waals surface area contributed by atoms with E-state index in [1.165, 1.54) is 0 Å². The molecule has 3 N–H and O–H groups in total. The topological polar surface area (TPSA) is 63.3 Å². The summed E-state index contributed by atoms with van der Waals surface area (Å²) in [4.78, 5) is 10.5. The fraction of sp³-hybridized carbons (Fsp3) is 0.875. The van der Waals surface area contributed by atoms with Crippen LogP contribution in [-0.2, 0) is 4.79 Å². The second-order valence-corrected chi connectivity index (χ2v) is 2.91. The van der Waals surface area contributed by atoms with Crippen molar-refractivity contribution in [3.63, 3.8) is 0 Å². The molecule has 0 rings (SSSR count). The summed E-state index contributed by atoms with van der Waals surface area (Å²) in [5.74, 6) is -0.911. The number of nitrogens with two attached hydrogens (primary N) is 1. The molecule has 0 aliphatic rings. The molecule has 0 aromatic heterocycles. The van der Waals surface area contributed by atoms with Gasteiger partial charge < -0.3 is 10.8 Å². The Labute approximate surface area is 67.6 Å². The first kappa shape index (κ1) is 10.4. The van der Waals surface area contributed by atoms with Gasteiger partial charge >= 0.3 is 5.97 Å². The zero-order valence-corrected chi connectivity index (χ0v) is 7.21. The molecule has 3 heteroatoms. The highest BCUT2D eigenvalue weighted by atomic mass is 16.4. The number of carboxylic acids is 1. The van der Waals surface area contributed by atoms with Crippen molar-refractivity contribution in [1.29, 1.82) is 0 Å². The van der Waals surface area contributed by atoms with Crippen LogP contribution in [0.25, 0.3) is 0 Å². The minimum Gasteiger partial charge on any atom is -0.481 e. The van der Waals surface area contributed by atoms with Gasteiger partial charge in [0.2, 0.25) is 0 Å². The largest absolute Gasteiger partial charge is 0.481 e. The second kappa shape index (κ2) is 5.13. The highest BCUT2D eigenvalue weighted by Gasteiger charge is 2.20. The lowest BCUT2D eigenvalue weighted by Gasteiger charge is -2.17. The summed E-state index contributed by atoms with van der Waals surface area (Å²) in [5, 5.41) is 8.65. The molecule has 0 bridgehead atoms. The summed E-state index contributed by atoms with van der Waals surface area (Å²) in [5.41, 5.74) is 5.43. The molecule has 0 saturated heterocycles. The molecule has 11 heavy (non-hydrogen) atoms. The maximum atomic E-state index is 10.5. The highest BCUT2D eigenvalue weighted by molar-refractivity contribution is 5.69. The highest BCUT2D eigenvalue weighted by Crippen LogP contribution is 2.15. The van der Waals surface area contributed by atoms with E-state index in [0.29, 0.717) is 6.54 Å². The summed E-state index contributed by atoms with van der Waals surface area (Å²) in [6.45, 7) is 4.23. The smallest absolute Gasteiger partial charge is 0.306 e. The van der Waals surface area contributed by atoms with E-state index in [1.807, 2.05) is 6.92 Å². The lowest BCUT2D eigenvalue weighted by Crippen LogP contribution is -2.27. The Kier molecular flexibility index (Phi) is 4.86. The molecule has 0 saturated carbocycles. The van der Waals surface area contributed by atoms with E-state index in [9.17, 15) is 4.79 Å². The number of hydrogen-bond donors (Lipinski definition) is 2. The van der Waals surface area contributed by atoms with Gasteiger partial charge in [0.15, 0.2) is 0 Å². The molecule has 2 atom stereocenters. The van der Waals surface area contributed by atoms with Crippen LogP contribution in [0.4, 0.5) is 0 Å². The van der Waals surface area contributed by atoms with Gasteiger partial charge in [0, 0.05) is 0 Å². The number of carbonyl (C=O) groups is 1. The van der Waals surface area contributed by atoms with E-state index < -0.39 is 5.97 Å². The van der Waals surface area contributed by atoms with Gasteiger partial charge in [-0.25, -0.2) is 0 Å². The van der Waals surface area contributed by atoms with Crippen LogP contribution in [0.3, 0.4) is 0 Å². The van der Waals surface area contributed by atoms with Crippen LogP contribution in [0.5, 0.6) is 0 Å². The Morgan fingerprint density at radius 2 is 2.18 bits per heavy atom. The van der Waals surface area contributed by atoms with Crippen LogP contribution >= 0.6 is 0 Å². The number of carboxylic acid groups (broad SMARTS) is 1. The van der Waals surface area contributed by atoms with Gasteiger partial charge in [0.05, 0.1) is 5.92 Å². The zero-order chi connectivity index (χ0) is 8.85. The zero-order valence-electron chi connectivity index (χ0n) is 7.21. The standard InChI is InChI=1S/C8H17NO2/c1-3-4-7(5-9)6(2)8(10)11/h6-7H,3-5,9H2,1-2H3,(H,10,11)/t6-,7?/m1/s1. The summed E-state index contributed by atoms with van der Waals surface area (Å²) < 4.78 is 0. The van der Waals surface area contributed by atoms with Crippen molar-refractivity contribution >= 4 is 5.97 Å². The SMILES string of the molecule is CCCC(CN)[C@@H](C)C(=O)O. The van der Waals surface area contributed by atoms with Crippen LogP contribution < -0.4 is 5.73 Å². The van der Waals surface area contributed by atoms with E-state index >= 15 is 0 Å². The first-order valence-electron chi connectivity index (χ1n) is 4.06. The molecular weight excluding hydrogens is 142 g/mol. The third-order valence-corrected chi connectivity index (χ3v) is 2.06. The van der Waals surface area contributed by atoms with Crippen LogP contribution in [0, 0.1) is 11.8 Å². The van der Waals surface area contributed by atoms with Gasteiger partial charge in [-0.3, -0.25) is 4.79 Å². The third kappa shape index (κ3) is 3.37. The number of aliphatic carboxylic acids is 1. The summed E-state index contributed by atoms with van der Waals surface area (Å²) in [6, 6.07) is 0. The third-order valence-electron chi connectivity index (χ3n) is 2.06. The van der Waals surface area contributed by atoms with Crippen molar-refractivity contribution in [2.24, 2.45) is 17.6 Å². The van der Waals surface area contributed by atoms with Crippen LogP contribution in [-0.4, -0.2) is 17.6 Å². The molecule has 0 radical (unpaired) electrons. The lowest BCUT2D eigenvalue weighted by atomic mass is 9.90. The van der Waals surface area contributed by atoms with Gasteiger partial charge in [0.1, 0.15) is 0 Å². The van der Waals surface area contributed by atoms with Gasteiger partial charge in [0.25, 0.3) is 0 Å². The number of rotatable bonds is 5. The van der Waals surface area contributed by atoms with Gasteiger partial charge in [-0.15, -0.1) is 0 Å². The molecule has 0 amide bonds. The first-order valence-corrected chi connectivity index (χ1v) is 4.06. The normalized spacial score (nSPS) is 15.9. The van der Waals surface area contributed by atoms with Gasteiger partial charge in [-0.05, 0) is 18.9 Å². The molecule has 0 aliphatic heterocycles. The Bertz CT molecular complexity index is 125.